The third-order valence-corrected chi connectivity index (χ3v) is 4.23. The van der Waals surface area contributed by atoms with Gasteiger partial charge in [-0.3, -0.25) is 4.79 Å². The van der Waals surface area contributed by atoms with E-state index < -0.39 is 0 Å². The van der Waals surface area contributed by atoms with Crippen LogP contribution in [-0.4, -0.2) is 11.1 Å². The summed E-state index contributed by atoms with van der Waals surface area (Å²) in [5.41, 5.74) is 4.19. The fourth-order valence-electron chi connectivity index (χ4n) is 2.22. The topological polar surface area (TPSA) is 41.5 Å². The van der Waals surface area contributed by atoms with Gasteiger partial charge in [0.2, 0.25) is 0 Å². The van der Waals surface area contributed by atoms with Crippen LogP contribution in [0.15, 0.2) is 58.4 Å². The minimum atomic E-state index is -0.0997. The Kier molecular flexibility index (Phi) is 4.11. The smallest absolute Gasteiger partial charge is 0.264 e. The molecular formula is C18H16N2OS. The van der Waals surface area contributed by atoms with Gasteiger partial charge in [-0.1, -0.05) is 48.0 Å². The quantitative estimate of drug-likeness (QED) is 0.845. The summed E-state index contributed by atoms with van der Waals surface area (Å²) in [7, 11) is 0. The molecule has 1 heterocycles. The van der Waals surface area contributed by atoms with Crippen molar-refractivity contribution in [3.8, 4) is 0 Å². The van der Waals surface area contributed by atoms with Gasteiger partial charge in [0.15, 0.2) is 5.17 Å². The molecule has 1 amide bonds. The lowest BCUT2D eigenvalue weighted by Gasteiger charge is -2.02. The first-order chi connectivity index (χ1) is 10.6. The lowest BCUT2D eigenvalue weighted by atomic mass is 10.1. The number of nitrogens with one attached hydrogen (secondary N) is 1. The van der Waals surface area contributed by atoms with Gasteiger partial charge in [-0.15, -0.1) is 0 Å². The average Bonchev–Trinajstić information content (AvgIpc) is 2.83. The normalized spacial score (nSPS) is 18.0. The first-order valence-corrected chi connectivity index (χ1v) is 7.85. The summed E-state index contributed by atoms with van der Waals surface area (Å²) in [6, 6.07) is 15.9. The fraction of sp³-hybridized carbons (Fsp3) is 0.111. The van der Waals surface area contributed by atoms with Crippen molar-refractivity contribution in [1.82, 2.24) is 5.32 Å². The molecule has 2 aromatic carbocycles. The number of nitrogens with zero attached hydrogens (tertiary/aromatic N) is 1. The summed E-state index contributed by atoms with van der Waals surface area (Å²) < 4.78 is 0. The van der Waals surface area contributed by atoms with E-state index in [-0.39, 0.29) is 5.91 Å². The van der Waals surface area contributed by atoms with Crippen LogP contribution < -0.4 is 5.32 Å². The standard InChI is InChI=1S/C18H16N2OS/c1-12-8-9-15(13(2)10-12)19-18-20-17(21)16(22-18)11-14-6-4-3-5-7-14/h3-11H,1-2H3,(H,19,20,21)/b16-11-. The van der Waals surface area contributed by atoms with Gasteiger partial charge in [-0.25, -0.2) is 4.99 Å². The molecule has 0 radical (unpaired) electrons. The van der Waals surface area contributed by atoms with Crippen LogP contribution in [0.25, 0.3) is 6.08 Å². The Labute approximate surface area is 134 Å². The molecule has 0 aromatic heterocycles. The molecule has 1 aliphatic rings. The van der Waals surface area contributed by atoms with E-state index in [2.05, 4.69) is 23.3 Å². The van der Waals surface area contributed by atoms with Gasteiger partial charge in [-0.2, -0.15) is 0 Å². The third-order valence-electron chi connectivity index (χ3n) is 3.32. The van der Waals surface area contributed by atoms with Crippen molar-refractivity contribution in [2.45, 2.75) is 13.8 Å². The first-order valence-electron chi connectivity index (χ1n) is 7.04. The molecule has 22 heavy (non-hydrogen) atoms. The van der Waals surface area contributed by atoms with Crippen molar-refractivity contribution in [1.29, 1.82) is 0 Å². The van der Waals surface area contributed by atoms with Crippen LogP contribution in [0.5, 0.6) is 0 Å². The highest BCUT2D eigenvalue weighted by atomic mass is 32.2. The molecule has 4 heteroatoms. The maximum Gasteiger partial charge on any atom is 0.264 e. The summed E-state index contributed by atoms with van der Waals surface area (Å²) in [6.45, 7) is 4.07. The molecule has 0 aliphatic carbocycles. The van der Waals surface area contributed by atoms with Crippen LogP contribution in [0, 0.1) is 13.8 Å². The van der Waals surface area contributed by atoms with E-state index in [0.29, 0.717) is 10.1 Å². The van der Waals surface area contributed by atoms with Crippen molar-refractivity contribution in [3.63, 3.8) is 0 Å². The minimum Gasteiger partial charge on any atom is -0.300 e. The van der Waals surface area contributed by atoms with Crippen molar-refractivity contribution in [2.24, 2.45) is 4.99 Å². The van der Waals surface area contributed by atoms with Crippen LogP contribution in [0.3, 0.4) is 0 Å². The van der Waals surface area contributed by atoms with E-state index >= 15 is 0 Å². The van der Waals surface area contributed by atoms with Crippen LogP contribution in [0.4, 0.5) is 5.69 Å². The summed E-state index contributed by atoms with van der Waals surface area (Å²) in [6.07, 6.45) is 1.88. The highest BCUT2D eigenvalue weighted by Crippen LogP contribution is 2.29. The van der Waals surface area contributed by atoms with Gasteiger partial charge in [0.1, 0.15) is 0 Å². The SMILES string of the molecule is Cc1ccc(N=C2NC(=O)/C(=C/c3ccccc3)S2)c(C)c1. The second-order valence-corrected chi connectivity index (χ2v) is 6.21. The Bertz CT molecular complexity index is 779. The fourth-order valence-corrected chi connectivity index (χ4v) is 3.06. The molecule has 3 rings (SSSR count). The predicted molar refractivity (Wildman–Crippen MR) is 93.2 cm³/mol. The van der Waals surface area contributed by atoms with Crippen LogP contribution in [-0.2, 0) is 4.79 Å². The van der Waals surface area contributed by atoms with E-state index in [1.165, 1.54) is 17.3 Å². The molecule has 0 spiro atoms. The number of aryl methyl sites for hydroxylation is 2. The van der Waals surface area contributed by atoms with E-state index in [1.807, 2.05) is 55.5 Å². The number of hydrogen-bond donors (Lipinski definition) is 1. The van der Waals surface area contributed by atoms with E-state index in [9.17, 15) is 4.79 Å². The summed E-state index contributed by atoms with van der Waals surface area (Å²) in [4.78, 5) is 17.2. The number of rotatable bonds is 2. The van der Waals surface area contributed by atoms with Gasteiger partial charge in [-0.05, 0) is 48.9 Å². The van der Waals surface area contributed by atoms with Crippen molar-refractivity contribution >= 4 is 34.6 Å². The Morgan fingerprint density at radius 1 is 1.09 bits per heavy atom. The van der Waals surface area contributed by atoms with Crippen molar-refractivity contribution in [3.05, 3.63) is 70.1 Å². The molecule has 0 bridgehead atoms. The number of hydrogen-bond acceptors (Lipinski definition) is 3. The Hall–Kier alpha value is -2.33. The van der Waals surface area contributed by atoms with E-state index in [1.54, 1.807) is 0 Å². The Balaban J connectivity index is 1.85. The lowest BCUT2D eigenvalue weighted by Crippen LogP contribution is -2.19. The zero-order chi connectivity index (χ0) is 15.5. The second-order valence-electron chi connectivity index (χ2n) is 5.18. The third kappa shape index (κ3) is 3.28. The van der Waals surface area contributed by atoms with Crippen molar-refractivity contribution in [2.75, 3.05) is 0 Å². The van der Waals surface area contributed by atoms with Gasteiger partial charge < -0.3 is 5.32 Å². The lowest BCUT2D eigenvalue weighted by molar-refractivity contribution is -0.115. The monoisotopic (exact) mass is 308 g/mol. The Morgan fingerprint density at radius 2 is 1.86 bits per heavy atom. The molecule has 0 unspecified atom stereocenters. The average molecular weight is 308 g/mol. The van der Waals surface area contributed by atoms with E-state index in [0.717, 1.165) is 16.8 Å². The van der Waals surface area contributed by atoms with Crippen LogP contribution in [0.2, 0.25) is 0 Å². The zero-order valence-electron chi connectivity index (χ0n) is 12.5. The molecule has 0 saturated carbocycles. The molecule has 1 aliphatic heterocycles. The number of carbonyl (C=O) groups excluding carboxylic acids is 1. The predicted octanol–water partition coefficient (Wildman–Crippen LogP) is 4.20. The van der Waals surface area contributed by atoms with Gasteiger partial charge in [0, 0.05) is 0 Å². The second kappa shape index (κ2) is 6.20. The maximum absolute atomic E-state index is 12.0. The van der Waals surface area contributed by atoms with E-state index in [4.69, 9.17) is 0 Å². The summed E-state index contributed by atoms with van der Waals surface area (Å²) in [5.74, 6) is -0.0997. The number of aliphatic imine (C=N–C) groups is 1. The largest absolute Gasteiger partial charge is 0.300 e. The molecule has 1 fully saturated rings. The number of amides is 1. The maximum atomic E-state index is 12.0. The summed E-state index contributed by atoms with van der Waals surface area (Å²) >= 11 is 1.37. The number of benzene rings is 2. The van der Waals surface area contributed by atoms with Gasteiger partial charge in [0.05, 0.1) is 10.6 Å². The molecule has 0 atom stereocenters. The number of carbonyl (C=O) groups is 1. The number of thioether (sulfide) groups is 1. The molecule has 110 valence electrons. The zero-order valence-corrected chi connectivity index (χ0v) is 13.3. The van der Waals surface area contributed by atoms with Gasteiger partial charge in [0.25, 0.3) is 5.91 Å². The summed E-state index contributed by atoms with van der Waals surface area (Å²) in [5, 5.41) is 3.44. The van der Waals surface area contributed by atoms with Crippen LogP contribution >= 0.6 is 11.8 Å². The first kappa shape index (κ1) is 14.6. The molecular weight excluding hydrogens is 292 g/mol. The number of amidine groups is 1. The van der Waals surface area contributed by atoms with Gasteiger partial charge >= 0.3 is 0 Å². The highest BCUT2D eigenvalue weighted by molar-refractivity contribution is 8.18. The molecule has 1 saturated heterocycles. The van der Waals surface area contributed by atoms with Crippen molar-refractivity contribution < 1.29 is 4.79 Å². The minimum absolute atomic E-state index is 0.0997. The molecule has 1 N–H and O–H groups in total. The van der Waals surface area contributed by atoms with Crippen LogP contribution in [0.1, 0.15) is 16.7 Å². The highest BCUT2D eigenvalue weighted by Gasteiger charge is 2.23. The molecule has 3 nitrogen and oxygen atoms in total. The molecule has 2 aromatic rings. The Morgan fingerprint density at radius 3 is 2.59 bits per heavy atom.